The Labute approximate surface area is 148 Å². The average Bonchev–Trinajstić information content (AvgIpc) is 2.94. The Morgan fingerprint density at radius 3 is 2.44 bits per heavy atom. The lowest BCUT2D eigenvalue weighted by Crippen LogP contribution is -2.16. The van der Waals surface area contributed by atoms with Gasteiger partial charge in [0.15, 0.2) is 0 Å². The number of hydrogen-bond acceptors (Lipinski definition) is 2. The van der Waals surface area contributed by atoms with Gasteiger partial charge in [0.05, 0.1) is 17.1 Å². The SMILES string of the molecule is Cc1cc(C)n(-c2ccccc2NC(=O)CC(C)c2ccccc2)n1. The first-order valence-corrected chi connectivity index (χ1v) is 8.52. The number of carbonyl (C=O) groups is 1. The van der Waals surface area contributed by atoms with Crippen LogP contribution in [0.25, 0.3) is 5.69 Å². The van der Waals surface area contributed by atoms with Gasteiger partial charge in [-0.05, 0) is 43.5 Å². The summed E-state index contributed by atoms with van der Waals surface area (Å²) in [4.78, 5) is 12.5. The van der Waals surface area contributed by atoms with Gasteiger partial charge in [-0.3, -0.25) is 4.79 Å². The van der Waals surface area contributed by atoms with Gasteiger partial charge in [-0.15, -0.1) is 0 Å². The van der Waals surface area contributed by atoms with Crippen LogP contribution < -0.4 is 5.32 Å². The van der Waals surface area contributed by atoms with E-state index < -0.39 is 0 Å². The summed E-state index contributed by atoms with van der Waals surface area (Å²) in [5.41, 5.74) is 4.82. The Morgan fingerprint density at radius 2 is 1.76 bits per heavy atom. The molecule has 3 aromatic rings. The van der Waals surface area contributed by atoms with Crippen molar-refractivity contribution in [3.05, 3.63) is 77.6 Å². The van der Waals surface area contributed by atoms with Crippen molar-refractivity contribution in [3.63, 3.8) is 0 Å². The van der Waals surface area contributed by atoms with Crippen LogP contribution in [0.5, 0.6) is 0 Å². The molecule has 0 saturated heterocycles. The van der Waals surface area contributed by atoms with Gasteiger partial charge in [-0.2, -0.15) is 5.10 Å². The van der Waals surface area contributed by atoms with Crippen LogP contribution in [0.4, 0.5) is 5.69 Å². The van der Waals surface area contributed by atoms with E-state index in [1.807, 2.05) is 67.1 Å². The Kier molecular flexibility index (Phi) is 4.98. The molecule has 4 heteroatoms. The van der Waals surface area contributed by atoms with Crippen molar-refractivity contribution in [1.82, 2.24) is 9.78 Å². The number of carbonyl (C=O) groups excluding carboxylic acids is 1. The molecule has 25 heavy (non-hydrogen) atoms. The van der Waals surface area contributed by atoms with Crippen molar-refractivity contribution in [3.8, 4) is 5.69 Å². The highest BCUT2D eigenvalue weighted by molar-refractivity contribution is 5.93. The maximum atomic E-state index is 12.5. The molecular weight excluding hydrogens is 310 g/mol. The zero-order valence-electron chi connectivity index (χ0n) is 14.9. The first kappa shape index (κ1) is 17.0. The molecule has 0 spiro atoms. The molecule has 1 unspecified atom stereocenters. The highest BCUT2D eigenvalue weighted by atomic mass is 16.1. The number of hydrogen-bond donors (Lipinski definition) is 1. The molecule has 0 radical (unpaired) electrons. The molecule has 3 rings (SSSR count). The molecular formula is C21H23N3O. The molecule has 0 bridgehead atoms. The van der Waals surface area contributed by atoms with Gasteiger partial charge in [0.1, 0.15) is 0 Å². The van der Waals surface area contributed by atoms with Gasteiger partial charge in [-0.1, -0.05) is 49.4 Å². The number of benzene rings is 2. The van der Waals surface area contributed by atoms with Crippen molar-refractivity contribution >= 4 is 11.6 Å². The van der Waals surface area contributed by atoms with E-state index in [1.54, 1.807) is 0 Å². The zero-order valence-corrected chi connectivity index (χ0v) is 14.9. The summed E-state index contributed by atoms with van der Waals surface area (Å²) in [6.45, 7) is 6.05. The Balaban J connectivity index is 1.77. The lowest BCUT2D eigenvalue weighted by molar-refractivity contribution is -0.116. The third kappa shape index (κ3) is 3.97. The van der Waals surface area contributed by atoms with Gasteiger partial charge in [-0.25, -0.2) is 4.68 Å². The summed E-state index contributed by atoms with van der Waals surface area (Å²) >= 11 is 0. The summed E-state index contributed by atoms with van der Waals surface area (Å²) in [6, 6.07) is 19.9. The Morgan fingerprint density at radius 1 is 1.08 bits per heavy atom. The molecule has 1 aromatic heterocycles. The second-order valence-electron chi connectivity index (χ2n) is 6.42. The first-order valence-electron chi connectivity index (χ1n) is 8.52. The predicted octanol–water partition coefficient (Wildman–Crippen LogP) is 4.62. The smallest absolute Gasteiger partial charge is 0.225 e. The molecule has 1 atom stereocenters. The van der Waals surface area contributed by atoms with Gasteiger partial charge in [0.2, 0.25) is 5.91 Å². The van der Waals surface area contributed by atoms with Crippen LogP contribution in [0.3, 0.4) is 0 Å². The van der Waals surface area contributed by atoms with Crippen molar-refractivity contribution in [2.24, 2.45) is 0 Å². The molecule has 0 aliphatic rings. The highest BCUT2D eigenvalue weighted by Crippen LogP contribution is 2.24. The van der Waals surface area contributed by atoms with E-state index in [1.165, 1.54) is 5.56 Å². The van der Waals surface area contributed by atoms with Crippen LogP contribution in [-0.4, -0.2) is 15.7 Å². The van der Waals surface area contributed by atoms with E-state index in [0.29, 0.717) is 6.42 Å². The molecule has 1 amide bonds. The van der Waals surface area contributed by atoms with Crippen molar-refractivity contribution in [2.75, 3.05) is 5.32 Å². The van der Waals surface area contributed by atoms with E-state index in [0.717, 1.165) is 22.8 Å². The number of para-hydroxylation sites is 2. The molecule has 1 heterocycles. The molecule has 4 nitrogen and oxygen atoms in total. The Hall–Kier alpha value is -2.88. The van der Waals surface area contributed by atoms with Gasteiger partial charge in [0, 0.05) is 12.1 Å². The second kappa shape index (κ2) is 7.34. The molecule has 2 aromatic carbocycles. The normalized spacial score (nSPS) is 12.0. The van der Waals surface area contributed by atoms with E-state index >= 15 is 0 Å². The monoisotopic (exact) mass is 333 g/mol. The van der Waals surface area contributed by atoms with Crippen LogP contribution >= 0.6 is 0 Å². The minimum absolute atomic E-state index is 0.00494. The van der Waals surface area contributed by atoms with Crippen LogP contribution in [0.2, 0.25) is 0 Å². The van der Waals surface area contributed by atoms with E-state index in [4.69, 9.17) is 0 Å². The summed E-state index contributed by atoms with van der Waals surface area (Å²) < 4.78 is 1.87. The Bertz CT molecular complexity index is 868. The minimum atomic E-state index is 0.00494. The summed E-state index contributed by atoms with van der Waals surface area (Å²) in [7, 11) is 0. The number of nitrogens with one attached hydrogen (secondary N) is 1. The van der Waals surface area contributed by atoms with Crippen LogP contribution in [0.1, 0.15) is 36.2 Å². The quantitative estimate of drug-likeness (QED) is 0.740. The third-order valence-corrected chi connectivity index (χ3v) is 4.28. The average molecular weight is 333 g/mol. The maximum Gasteiger partial charge on any atom is 0.225 e. The summed E-state index contributed by atoms with van der Waals surface area (Å²) in [6.07, 6.45) is 0.440. The molecule has 0 aliphatic heterocycles. The summed E-state index contributed by atoms with van der Waals surface area (Å²) in [5, 5.41) is 7.57. The van der Waals surface area contributed by atoms with Gasteiger partial charge >= 0.3 is 0 Å². The van der Waals surface area contributed by atoms with Gasteiger partial charge < -0.3 is 5.32 Å². The number of amides is 1. The number of nitrogens with zero attached hydrogens (tertiary/aromatic N) is 2. The van der Waals surface area contributed by atoms with Crippen LogP contribution in [-0.2, 0) is 4.79 Å². The molecule has 1 N–H and O–H groups in total. The van der Waals surface area contributed by atoms with Crippen molar-refractivity contribution in [2.45, 2.75) is 33.1 Å². The van der Waals surface area contributed by atoms with E-state index in [2.05, 4.69) is 29.5 Å². The van der Waals surface area contributed by atoms with E-state index in [9.17, 15) is 4.79 Å². The zero-order chi connectivity index (χ0) is 17.8. The number of anilines is 1. The summed E-state index contributed by atoms with van der Waals surface area (Å²) in [5.74, 6) is 0.174. The molecule has 128 valence electrons. The highest BCUT2D eigenvalue weighted by Gasteiger charge is 2.14. The fraction of sp³-hybridized carbons (Fsp3) is 0.238. The topological polar surface area (TPSA) is 46.9 Å². The minimum Gasteiger partial charge on any atom is -0.324 e. The lowest BCUT2D eigenvalue weighted by atomic mass is 9.97. The fourth-order valence-corrected chi connectivity index (χ4v) is 3.02. The maximum absolute atomic E-state index is 12.5. The van der Waals surface area contributed by atoms with Crippen molar-refractivity contribution in [1.29, 1.82) is 0 Å². The van der Waals surface area contributed by atoms with Crippen LogP contribution in [0, 0.1) is 13.8 Å². The predicted molar refractivity (Wildman–Crippen MR) is 101 cm³/mol. The standard InChI is InChI=1S/C21H23N3O/c1-15(18-9-5-4-6-10-18)13-21(25)22-19-11-7-8-12-20(19)24-17(3)14-16(2)23-24/h4-12,14-15H,13H2,1-3H3,(H,22,25). The van der Waals surface area contributed by atoms with Crippen LogP contribution in [0.15, 0.2) is 60.7 Å². The number of aromatic nitrogens is 2. The molecule has 0 aliphatic carbocycles. The third-order valence-electron chi connectivity index (χ3n) is 4.28. The van der Waals surface area contributed by atoms with E-state index in [-0.39, 0.29) is 11.8 Å². The second-order valence-corrected chi connectivity index (χ2v) is 6.42. The fourth-order valence-electron chi connectivity index (χ4n) is 3.02. The number of rotatable bonds is 5. The molecule has 0 fully saturated rings. The largest absolute Gasteiger partial charge is 0.324 e. The van der Waals surface area contributed by atoms with Crippen molar-refractivity contribution < 1.29 is 4.79 Å². The molecule has 0 saturated carbocycles. The number of aryl methyl sites for hydroxylation is 2. The first-order chi connectivity index (χ1) is 12.0. The van der Waals surface area contributed by atoms with Gasteiger partial charge in [0.25, 0.3) is 0 Å². The lowest BCUT2D eigenvalue weighted by Gasteiger charge is -2.15.